The molecule has 3 rings (SSSR count). The van der Waals surface area contributed by atoms with Crippen LogP contribution < -0.4 is 15.4 Å². The summed E-state index contributed by atoms with van der Waals surface area (Å²) in [5.74, 6) is 0.779. The molecule has 0 saturated heterocycles. The van der Waals surface area contributed by atoms with Crippen molar-refractivity contribution in [1.82, 2.24) is 15.3 Å². The van der Waals surface area contributed by atoms with Gasteiger partial charge in [0.2, 0.25) is 0 Å². The lowest BCUT2D eigenvalue weighted by Gasteiger charge is -2.08. The molecule has 0 saturated carbocycles. The van der Waals surface area contributed by atoms with Crippen molar-refractivity contribution >= 4 is 23.1 Å². The second-order valence-electron chi connectivity index (χ2n) is 5.53. The zero-order valence-corrected chi connectivity index (χ0v) is 15.5. The number of aromatic nitrogens is 2. The van der Waals surface area contributed by atoms with Crippen molar-refractivity contribution < 1.29 is 9.53 Å². The number of urea groups is 1. The van der Waals surface area contributed by atoms with Crippen LogP contribution in [0.4, 0.5) is 10.5 Å². The molecule has 134 valence electrons. The van der Waals surface area contributed by atoms with Gasteiger partial charge >= 0.3 is 6.03 Å². The molecule has 3 aromatic rings. The Kier molecular flexibility index (Phi) is 5.80. The molecular weight excluding hydrogens is 348 g/mol. The zero-order chi connectivity index (χ0) is 18.4. The van der Waals surface area contributed by atoms with E-state index >= 15 is 0 Å². The molecule has 2 N–H and O–H groups in total. The number of amides is 2. The van der Waals surface area contributed by atoms with Gasteiger partial charge in [0.25, 0.3) is 0 Å². The second kappa shape index (κ2) is 8.44. The van der Waals surface area contributed by atoms with Gasteiger partial charge in [0.05, 0.1) is 18.8 Å². The Bertz CT molecular complexity index is 863. The van der Waals surface area contributed by atoms with Gasteiger partial charge in [-0.2, -0.15) is 0 Å². The van der Waals surface area contributed by atoms with Gasteiger partial charge in [-0.1, -0.05) is 0 Å². The number of benzene rings is 1. The number of carbonyl (C=O) groups is 1. The van der Waals surface area contributed by atoms with Gasteiger partial charge in [-0.15, -0.1) is 11.3 Å². The van der Waals surface area contributed by atoms with Crippen LogP contribution >= 0.6 is 11.3 Å². The summed E-state index contributed by atoms with van der Waals surface area (Å²) in [6.07, 6.45) is 3.52. The number of hydrogen-bond donors (Lipinski definition) is 2. The van der Waals surface area contributed by atoms with Crippen molar-refractivity contribution in [2.24, 2.45) is 0 Å². The summed E-state index contributed by atoms with van der Waals surface area (Å²) in [5.41, 5.74) is 2.60. The lowest BCUT2D eigenvalue weighted by molar-refractivity contribution is 0.252. The van der Waals surface area contributed by atoms with Crippen LogP contribution in [0.1, 0.15) is 17.5 Å². The number of aryl methyl sites for hydroxylation is 1. The molecule has 7 heteroatoms. The predicted octanol–water partition coefficient (Wildman–Crippen LogP) is 4.23. The van der Waals surface area contributed by atoms with E-state index in [1.54, 1.807) is 23.7 Å². The van der Waals surface area contributed by atoms with Crippen molar-refractivity contribution in [2.75, 3.05) is 11.9 Å². The van der Waals surface area contributed by atoms with E-state index in [4.69, 9.17) is 4.74 Å². The largest absolute Gasteiger partial charge is 0.494 e. The van der Waals surface area contributed by atoms with Crippen LogP contribution in [-0.2, 0) is 6.54 Å². The van der Waals surface area contributed by atoms with Crippen molar-refractivity contribution in [3.8, 4) is 16.3 Å². The highest BCUT2D eigenvalue weighted by molar-refractivity contribution is 7.15. The summed E-state index contributed by atoms with van der Waals surface area (Å²) >= 11 is 1.56. The van der Waals surface area contributed by atoms with E-state index in [1.807, 2.05) is 50.2 Å². The van der Waals surface area contributed by atoms with Crippen molar-refractivity contribution in [3.05, 3.63) is 59.4 Å². The SMILES string of the molecule is CCOc1ccc(NC(=O)NCc2sc(-c3cccnc3)nc2C)cc1. The maximum atomic E-state index is 12.1. The molecule has 0 atom stereocenters. The monoisotopic (exact) mass is 368 g/mol. The fraction of sp³-hybridized carbons (Fsp3) is 0.211. The first-order valence-corrected chi connectivity index (χ1v) is 9.11. The van der Waals surface area contributed by atoms with Gasteiger partial charge in [0.15, 0.2) is 0 Å². The first-order valence-electron chi connectivity index (χ1n) is 8.30. The molecule has 0 bridgehead atoms. The van der Waals surface area contributed by atoms with E-state index in [-0.39, 0.29) is 6.03 Å². The molecule has 0 spiro atoms. The molecule has 2 amide bonds. The topological polar surface area (TPSA) is 76.1 Å². The number of nitrogens with zero attached hydrogens (tertiary/aromatic N) is 2. The summed E-state index contributed by atoms with van der Waals surface area (Å²) in [5, 5.41) is 6.58. The van der Waals surface area contributed by atoms with Crippen LogP contribution in [0.15, 0.2) is 48.8 Å². The Hall–Kier alpha value is -2.93. The summed E-state index contributed by atoms with van der Waals surface area (Å²) in [6.45, 7) is 4.91. The minimum absolute atomic E-state index is 0.259. The Balaban J connectivity index is 1.57. The molecular formula is C19H20N4O2S. The average Bonchev–Trinajstić information content (AvgIpc) is 3.03. The van der Waals surface area contributed by atoms with Crippen LogP contribution in [0.25, 0.3) is 10.6 Å². The molecule has 2 heterocycles. The number of nitrogens with one attached hydrogen (secondary N) is 2. The van der Waals surface area contributed by atoms with Gasteiger partial charge in [-0.3, -0.25) is 4.98 Å². The molecule has 0 unspecified atom stereocenters. The molecule has 26 heavy (non-hydrogen) atoms. The molecule has 0 fully saturated rings. The predicted molar refractivity (Wildman–Crippen MR) is 104 cm³/mol. The normalized spacial score (nSPS) is 10.4. The van der Waals surface area contributed by atoms with Crippen molar-refractivity contribution in [2.45, 2.75) is 20.4 Å². The Labute approximate surface area is 156 Å². The number of hydrogen-bond acceptors (Lipinski definition) is 5. The average molecular weight is 368 g/mol. The Morgan fingerprint density at radius 3 is 2.73 bits per heavy atom. The maximum Gasteiger partial charge on any atom is 0.319 e. The van der Waals surface area contributed by atoms with Gasteiger partial charge in [0, 0.05) is 28.5 Å². The van der Waals surface area contributed by atoms with Crippen LogP contribution in [0, 0.1) is 6.92 Å². The molecule has 6 nitrogen and oxygen atoms in total. The van der Waals surface area contributed by atoms with E-state index in [2.05, 4.69) is 20.6 Å². The quantitative estimate of drug-likeness (QED) is 0.682. The lowest BCUT2D eigenvalue weighted by Crippen LogP contribution is -2.28. The van der Waals surface area contributed by atoms with Gasteiger partial charge in [0.1, 0.15) is 10.8 Å². The second-order valence-corrected chi connectivity index (χ2v) is 6.62. The van der Waals surface area contributed by atoms with Crippen LogP contribution in [0.2, 0.25) is 0 Å². The first kappa shape index (κ1) is 17.9. The zero-order valence-electron chi connectivity index (χ0n) is 14.7. The fourth-order valence-corrected chi connectivity index (χ4v) is 3.33. The van der Waals surface area contributed by atoms with Gasteiger partial charge in [-0.05, 0) is 50.2 Å². The number of anilines is 1. The third-order valence-corrected chi connectivity index (χ3v) is 4.84. The summed E-state index contributed by atoms with van der Waals surface area (Å²) in [6, 6.07) is 10.9. The smallest absolute Gasteiger partial charge is 0.319 e. The Morgan fingerprint density at radius 1 is 1.23 bits per heavy atom. The fourth-order valence-electron chi connectivity index (χ4n) is 2.34. The van der Waals surface area contributed by atoms with Crippen LogP contribution in [-0.4, -0.2) is 22.6 Å². The van der Waals surface area contributed by atoms with Crippen molar-refractivity contribution in [1.29, 1.82) is 0 Å². The van der Waals surface area contributed by atoms with Crippen molar-refractivity contribution in [3.63, 3.8) is 0 Å². The maximum absolute atomic E-state index is 12.1. The number of thiazole rings is 1. The van der Waals surface area contributed by atoms with Gasteiger partial charge in [-0.25, -0.2) is 9.78 Å². The summed E-state index contributed by atoms with van der Waals surface area (Å²) in [7, 11) is 0. The summed E-state index contributed by atoms with van der Waals surface area (Å²) < 4.78 is 5.38. The molecule has 1 aromatic carbocycles. The highest BCUT2D eigenvalue weighted by Crippen LogP contribution is 2.27. The van der Waals surface area contributed by atoms with Crippen LogP contribution in [0.3, 0.4) is 0 Å². The highest BCUT2D eigenvalue weighted by atomic mass is 32.1. The van der Waals surface area contributed by atoms with E-state index in [1.165, 1.54) is 0 Å². The molecule has 2 aromatic heterocycles. The minimum atomic E-state index is -0.259. The lowest BCUT2D eigenvalue weighted by atomic mass is 10.3. The van der Waals surface area contributed by atoms with Gasteiger partial charge < -0.3 is 15.4 Å². The van der Waals surface area contributed by atoms with E-state index < -0.39 is 0 Å². The minimum Gasteiger partial charge on any atom is -0.494 e. The number of ether oxygens (including phenoxy) is 1. The highest BCUT2D eigenvalue weighted by Gasteiger charge is 2.11. The Morgan fingerprint density at radius 2 is 2.04 bits per heavy atom. The third-order valence-electron chi connectivity index (χ3n) is 3.63. The number of pyridine rings is 1. The van der Waals surface area contributed by atoms with E-state index in [0.29, 0.717) is 18.8 Å². The molecule has 0 radical (unpaired) electrons. The van der Waals surface area contributed by atoms with Crippen LogP contribution in [0.5, 0.6) is 5.75 Å². The molecule has 0 aliphatic carbocycles. The summed E-state index contributed by atoms with van der Waals surface area (Å²) in [4.78, 5) is 21.8. The number of carbonyl (C=O) groups excluding carboxylic acids is 1. The molecule has 0 aliphatic rings. The molecule has 0 aliphatic heterocycles. The first-order chi connectivity index (χ1) is 12.7. The number of rotatable bonds is 6. The third kappa shape index (κ3) is 4.58. The standard InChI is InChI=1S/C19H20N4O2S/c1-3-25-16-8-6-15(7-9-16)23-19(24)21-12-17-13(2)22-18(26-17)14-5-4-10-20-11-14/h4-11H,3,12H2,1-2H3,(H2,21,23,24). The van der Waals surface area contributed by atoms with E-state index in [0.717, 1.165) is 26.9 Å². The van der Waals surface area contributed by atoms with E-state index in [9.17, 15) is 4.79 Å².